The average molecular weight is 427 g/mol. The number of hydrogen-bond acceptors (Lipinski definition) is 4. The van der Waals surface area contributed by atoms with Crippen molar-refractivity contribution in [3.05, 3.63) is 95.4 Å². The molecule has 0 saturated heterocycles. The van der Waals surface area contributed by atoms with Crippen LogP contribution in [0.4, 0.5) is 5.69 Å². The largest absolute Gasteiger partial charge is 0.497 e. The summed E-state index contributed by atoms with van der Waals surface area (Å²) < 4.78 is 5.14. The number of nitrogens with one attached hydrogen (secondary N) is 1. The summed E-state index contributed by atoms with van der Waals surface area (Å²) in [6, 6.07) is 25.5. The fraction of sp³-hybridized carbons (Fsp3) is 0.0769. The molecular weight excluding hydrogens is 404 g/mol. The Labute approximate surface area is 185 Å². The van der Waals surface area contributed by atoms with Crippen LogP contribution >= 0.6 is 11.3 Å². The zero-order valence-electron chi connectivity index (χ0n) is 17.3. The number of carbonyl (C=O) groups excluding carboxylic acids is 1. The van der Waals surface area contributed by atoms with E-state index in [1.54, 1.807) is 24.5 Å². The molecule has 4 nitrogen and oxygen atoms in total. The lowest BCUT2D eigenvalue weighted by Gasteiger charge is -2.04. The second kappa shape index (κ2) is 9.41. The molecule has 0 saturated carbocycles. The highest BCUT2D eigenvalue weighted by Crippen LogP contribution is 2.33. The molecule has 0 fully saturated rings. The number of aryl methyl sites for hydroxylation is 1. The molecule has 0 atom stereocenters. The Hall–Kier alpha value is -3.70. The molecule has 1 N–H and O–H groups in total. The number of rotatable bonds is 6. The first kappa shape index (κ1) is 20.6. The van der Waals surface area contributed by atoms with E-state index in [0.29, 0.717) is 0 Å². The highest BCUT2D eigenvalue weighted by Gasteiger charge is 2.11. The Morgan fingerprint density at radius 3 is 2.32 bits per heavy atom. The Balaban J connectivity index is 1.43. The number of methoxy groups -OCH3 is 1. The lowest BCUT2D eigenvalue weighted by molar-refractivity contribution is -0.111. The quantitative estimate of drug-likeness (QED) is 0.361. The van der Waals surface area contributed by atoms with Crippen molar-refractivity contribution < 1.29 is 9.53 Å². The predicted octanol–water partition coefficient (Wildman–Crippen LogP) is 6.45. The molecule has 4 aromatic rings. The van der Waals surface area contributed by atoms with E-state index in [1.165, 1.54) is 6.08 Å². The van der Waals surface area contributed by atoms with E-state index in [2.05, 4.69) is 24.4 Å². The van der Waals surface area contributed by atoms with E-state index in [9.17, 15) is 4.79 Å². The van der Waals surface area contributed by atoms with Crippen LogP contribution < -0.4 is 10.1 Å². The molecule has 0 aliphatic heterocycles. The number of ether oxygens (including phenoxy) is 1. The first-order chi connectivity index (χ1) is 15.1. The second-order valence-electron chi connectivity index (χ2n) is 6.96. The SMILES string of the molecule is COc1ccc(/C=C/C(=O)Nc2ccc(-c3nc(-c4ccccc4)sc3C)cc2)cc1. The Morgan fingerprint density at radius 1 is 0.935 bits per heavy atom. The molecule has 31 heavy (non-hydrogen) atoms. The van der Waals surface area contributed by atoms with Crippen LogP contribution in [0.1, 0.15) is 10.4 Å². The predicted molar refractivity (Wildman–Crippen MR) is 128 cm³/mol. The van der Waals surface area contributed by atoms with E-state index in [1.807, 2.05) is 66.7 Å². The maximum absolute atomic E-state index is 12.2. The normalized spacial score (nSPS) is 10.9. The summed E-state index contributed by atoms with van der Waals surface area (Å²) in [5.74, 6) is 0.604. The number of aromatic nitrogens is 1. The molecule has 4 rings (SSSR count). The lowest BCUT2D eigenvalue weighted by Crippen LogP contribution is -2.07. The molecule has 5 heteroatoms. The van der Waals surface area contributed by atoms with Crippen molar-refractivity contribution in [2.45, 2.75) is 6.92 Å². The zero-order chi connectivity index (χ0) is 21.6. The van der Waals surface area contributed by atoms with Gasteiger partial charge in [-0.25, -0.2) is 4.98 Å². The number of amides is 1. The third-order valence-corrected chi connectivity index (χ3v) is 5.81. The molecule has 154 valence electrons. The van der Waals surface area contributed by atoms with Gasteiger partial charge in [0.1, 0.15) is 10.8 Å². The molecule has 0 bridgehead atoms. The number of thiazole rings is 1. The van der Waals surface area contributed by atoms with Crippen molar-refractivity contribution in [2.75, 3.05) is 12.4 Å². The molecule has 0 unspecified atom stereocenters. The van der Waals surface area contributed by atoms with E-state index in [0.717, 1.165) is 43.7 Å². The molecule has 1 heterocycles. The van der Waals surface area contributed by atoms with Gasteiger partial charge in [0.05, 0.1) is 12.8 Å². The highest BCUT2D eigenvalue weighted by atomic mass is 32.1. The van der Waals surface area contributed by atoms with Crippen molar-refractivity contribution in [3.8, 4) is 27.6 Å². The van der Waals surface area contributed by atoms with Crippen LogP contribution in [0.3, 0.4) is 0 Å². The van der Waals surface area contributed by atoms with E-state index in [4.69, 9.17) is 9.72 Å². The monoisotopic (exact) mass is 426 g/mol. The first-order valence-corrected chi connectivity index (χ1v) is 10.7. The molecule has 1 amide bonds. The van der Waals surface area contributed by atoms with E-state index in [-0.39, 0.29) is 5.91 Å². The topological polar surface area (TPSA) is 51.2 Å². The van der Waals surface area contributed by atoms with Gasteiger partial charge in [-0.3, -0.25) is 4.79 Å². The van der Waals surface area contributed by atoms with Crippen LogP contribution in [-0.4, -0.2) is 18.0 Å². The van der Waals surface area contributed by atoms with Crippen molar-refractivity contribution in [3.63, 3.8) is 0 Å². The maximum Gasteiger partial charge on any atom is 0.248 e. The van der Waals surface area contributed by atoms with Gasteiger partial charge < -0.3 is 10.1 Å². The Morgan fingerprint density at radius 2 is 1.65 bits per heavy atom. The number of anilines is 1. The van der Waals surface area contributed by atoms with Gasteiger partial charge in [0.15, 0.2) is 0 Å². The van der Waals surface area contributed by atoms with Gasteiger partial charge in [-0.15, -0.1) is 11.3 Å². The van der Waals surface area contributed by atoms with E-state index < -0.39 is 0 Å². The van der Waals surface area contributed by atoms with Gasteiger partial charge in [0.25, 0.3) is 0 Å². The molecule has 0 radical (unpaired) electrons. The third kappa shape index (κ3) is 5.08. The fourth-order valence-corrected chi connectivity index (χ4v) is 4.09. The minimum absolute atomic E-state index is 0.181. The number of carbonyl (C=O) groups is 1. The minimum Gasteiger partial charge on any atom is -0.497 e. The van der Waals surface area contributed by atoms with Gasteiger partial charge in [-0.05, 0) is 42.8 Å². The third-order valence-electron chi connectivity index (χ3n) is 4.79. The number of nitrogens with zero attached hydrogens (tertiary/aromatic N) is 1. The Bertz CT molecular complexity index is 1190. The van der Waals surface area contributed by atoms with Crippen LogP contribution in [0.5, 0.6) is 5.75 Å². The van der Waals surface area contributed by atoms with Crippen molar-refractivity contribution in [1.29, 1.82) is 0 Å². The van der Waals surface area contributed by atoms with Crippen LogP contribution in [0.25, 0.3) is 27.9 Å². The summed E-state index contributed by atoms with van der Waals surface area (Å²) >= 11 is 1.69. The van der Waals surface area contributed by atoms with Gasteiger partial charge in [-0.2, -0.15) is 0 Å². The van der Waals surface area contributed by atoms with Crippen LogP contribution in [-0.2, 0) is 4.79 Å². The van der Waals surface area contributed by atoms with Crippen molar-refractivity contribution >= 4 is 29.0 Å². The van der Waals surface area contributed by atoms with Crippen LogP contribution in [0.2, 0.25) is 0 Å². The van der Waals surface area contributed by atoms with Crippen LogP contribution in [0.15, 0.2) is 84.9 Å². The smallest absolute Gasteiger partial charge is 0.248 e. The average Bonchev–Trinajstić information content (AvgIpc) is 3.21. The second-order valence-corrected chi connectivity index (χ2v) is 8.17. The van der Waals surface area contributed by atoms with Crippen molar-refractivity contribution in [2.24, 2.45) is 0 Å². The standard InChI is InChI=1S/C26H22N2O2S/c1-18-25(28-26(31-18)21-6-4-3-5-7-21)20-11-13-22(14-12-20)27-24(29)17-10-19-8-15-23(30-2)16-9-19/h3-17H,1-2H3,(H,27,29)/b17-10+. The maximum atomic E-state index is 12.2. The van der Waals surface area contributed by atoms with Gasteiger partial charge in [0.2, 0.25) is 5.91 Å². The van der Waals surface area contributed by atoms with Crippen LogP contribution in [0, 0.1) is 6.92 Å². The molecule has 0 aliphatic carbocycles. The summed E-state index contributed by atoms with van der Waals surface area (Å²) in [7, 11) is 1.63. The van der Waals surface area contributed by atoms with Gasteiger partial charge >= 0.3 is 0 Å². The summed E-state index contributed by atoms with van der Waals surface area (Å²) in [6.07, 6.45) is 3.29. The lowest BCUT2D eigenvalue weighted by atomic mass is 10.1. The van der Waals surface area contributed by atoms with Gasteiger partial charge in [-0.1, -0.05) is 54.6 Å². The summed E-state index contributed by atoms with van der Waals surface area (Å²) in [6.45, 7) is 2.08. The van der Waals surface area contributed by atoms with Crippen molar-refractivity contribution in [1.82, 2.24) is 4.98 Å². The molecule has 0 spiro atoms. The molecule has 0 aliphatic rings. The van der Waals surface area contributed by atoms with Gasteiger partial charge in [0, 0.05) is 27.8 Å². The molecular formula is C26H22N2O2S. The summed E-state index contributed by atoms with van der Waals surface area (Å²) in [4.78, 5) is 18.2. The molecule has 1 aromatic heterocycles. The minimum atomic E-state index is -0.181. The summed E-state index contributed by atoms with van der Waals surface area (Å²) in [5, 5.41) is 3.90. The Kier molecular flexibility index (Phi) is 6.24. The first-order valence-electron chi connectivity index (χ1n) is 9.89. The highest BCUT2D eigenvalue weighted by molar-refractivity contribution is 7.15. The zero-order valence-corrected chi connectivity index (χ0v) is 18.1. The number of hydrogen-bond donors (Lipinski definition) is 1. The summed E-state index contributed by atoms with van der Waals surface area (Å²) in [5.41, 5.74) is 4.79. The fourth-order valence-electron chi connectivity index (χ4n) is 3.15. The van der Waals surface area contributed by atoms with E-state index >= 15 is 0 Å². The molecule has 3 aromatic carbocycles. The number of benzene rings is 3.